The lowest BCUT2D eigenvalue weighted by Gasteiger charge is -2.05. The van der Waals surface area contributed by atoms with E-state index in [4.69, 9.17) is 5.73 Å². The largest absolute Gasteiger partial charge is 0.398 e. The number of thioether (sulfide) groups is 1. The highest BCUT2D eigenvalue weighted by molar-refractivity contribution is 7.99. The van der Waals surface area contributed by atoms with Crippen LogP contribution < -0.4 is 5.73 Å². The van der Waals surface area contributed by atoms with Gasteiger partial charge in [-0.05, 0) is 31.5 Å². The first-order valence-electron chi connectivity index (χ1n) is 4.23. The van der Waals surface area contributed by atoms with E-state index in [0.717, 1.165) is 16.3 Å². The van der Waals surface area contributed by atoms with Crippen molar-refractivity contribution in [3.8, 4) is 0 Å². The van der Waals surface area contributed by atoms with Gasteiger partial charge in [-0.25, -0.2) is 0 Å². The second-order valence-corrected chi connectivity index (χ2v) is 4.30. The molecule has 0 fully saturated rings. The minimum atomic E-state index is 0.867. The van der Waals surface area contributed by atoms with E-state index in [9.17, 15) is 0 Å². The van der Waals surface area contributed by atoms with Gasteiger partial charge in [0, 0.05) is 16.3 Å². The average molecular weight is 193 g/mol. The van der Waals surface area contributed by atoms with E-state index in [2.05, 4.69) is 18.7 Å². The smallest absolute Gasteiger partial charge is 0.0454 e. The van der Waals surface area contributed by atoms with E-state index in [0.29, 0.717) is 0 Å². The number of aryl methyl sites for hydroxylation is 1. The van der Waals surface area contributed by atoms with Gasteiger partial charge in [0.2, 0.25) is 0 Å². The Morgan fingerprint density at radius 2 is 2.23 bits per heavy atom. The van der Waals surface area contributed by atoms with Crippen molar-refractivity contribution in [1.29, 1.82) is 0 Å². The van der Waals surface area contributed by atoms with Crippen molar-refractivity contribution in [1.82, 2.24) is 0 Å². The first-order valence-corrected chi connectivity index (χ1v) is 5.21. The molecule has 70 valence electrons. The minimum absolute atomic E-state index is 0.867. The van der Waals surface area contributed by atoms with Crippen LogP contribution in [0.4, 0.5) is 5.69 Å². The lowest BCUT2D eigenvalue weighted by atomic mass is 10.2. The molecule has 0 unspecified atom stereocenters. The van der Waals surface area contributed by atoms with Gasteiger partial charge < -0.3 is 5.73 Å². The lowest BCUT2D eigenvalue weighted by Crippen LogP contribution is -1.90. The molecule has 0 radical (unpaired) electrons. The lowest BCUT2D eigenvalue weighted by molar-refractivity contribution is 1.37. The van der Waals surface area contributed by atoms with Crippen LogP contribution in [0.3, 0.4) is 0 Å². The van der Waals surface area contributed by atoms with Crippen molar-refractivity contribution in [2.45, 2.75) is 18.7 Å². The second kappa shape index (κ2) is 4.38. The van der Waals surface area contributed by atoms with Gasteiger partial charge in [-0.15, -0.1) is 11.8 Å². The standard InChI is InChI=1S/C11H15NS/c1-8(2)7-13-11-5-4-9(3)6-10(11)12/h4-6H,1,7,12H2,2-3H3. The molecule has 0 saturated heterocycles. The Morgan fingerprint density at radius 1 is 1.54 bits per heavy atom. The molecular weight excluding hydrogens is 178 g/mol. The zero-order valence-corrected chi connectivity index (χ0v) is 8.95. The van der Waals surface area contributed by atoms with Crippen molar-refractivity contribution < 1.29 is 0 Å². The molecule has 0 aromatic heterocycles. The summed E-state index contributed by atoms with van der Waals surface area (Å²) in [6.07, 6.45) is 0. The fourth-order valence-electron chi connectivity index (χ4n) is 1.00. The van der Waals surface area contributed by atoms with Crippen molar-refractivity contribution in [2.24, 2.45) is 0 Å². The van der Waals surface area contributed by atoms with Crippen LogP contribution in [0.5, 0.6) is 0 Å². The average Bonchev–Trinajstić information content (AvgIpc) is 2.02. The molecule has 0 saturated carbocycles. The van der Waals surface area contributed by atoms with Gasteiger partial charge in [0.05, 0.1) is 0 Å². The van der Waals surface area contributed by atoms with Crippen molar-refractivity contribution in [2.75, 3.05) is 11.5 Å². The Balaban J connectivity index is 2.72. The maximum Gasteiger partial charge on any atom is 0.0454 e. The Labute approximate surface area is 84.0 Å². The molecule has 0 spiro atoms. The number of nitrogen functional groups attached to an aromatic ring is 1. The molecule has 0 aliphatic rings. The minimum Gasteiger partial charge on any atom is -0.398 e. The predicted octanol–water partition coefficient (Wildman–Crippen LogP) is 3.25. The van der Waals surface area contributed by atoms with Crippen LogP contribution in [0.1, 0.15) is 12.5 Å². The molecule has 1 aromatic carbocycles. The highest BCUT2D eigenvalue weighted by Crippen LogP contribution is 2.26. The van der Waals surface area contributed by atoms with Gasteiger partial charge in [0.25, 0.3) is 0 Å². The Hall–Kier alpha value is -0.890. The van der Waals surface area contributed by atoms with Crippen molar-refractivity contribution >= 4 is 17.4 Å². The Kier molecular flexibility index (Phi) is 3.43. The van der Waals surface area contributed by atoms with Crippen LogP contribution in [0.25, 0.3) is 0 Å². The molecule has 13 heavy (non-hydrogen) atoms. The van der Waals surface area contributed by atoms with Gasteiger partial charge in [-0.2, -0.15) is 0 Å². The molecule has 1 rings (SSSR count). The van der Waals surface area contributed by atoms with E-state index >= 15 is 0 Å². The molecule has 1 aromatic rings. The van der Waals surface area contributed by atoms with Crippen LogP contribution in [0.15, 0.2) is 35.2 Å². The van der Waals surface area contributed by atoms with Gasteiger partial charge >= 0.3 is 0 Å². The maximum absolute atomic E-state index is 5.86. The fraction of sp³-hybridized carbons (Fsp3) is 0.273. The van der Waals surface area contributed by atoms with Crippen LogP contribution in [0, 0.1) is 6.92 Å². The van der Waals surface area contributed by atoms with Crippen molar-refractivity contribution in [3.05, 3.63) is 35.9 Å². The van der Waals surface area contributed by atoms with Crippen LogP contribution in [-0.4, -0.2) is 5.75 Å². The van der Waals surface area contributed by atoms with Crippen LogP contribution in [0.2, 0.25) is 0 Å². The number of hydrogen-bond donors (Lipinski definition) is 1. The monoisotopic (exact) mass is 193 g/mol. The molecule has 2 N–H and O–H groups in total. The fourth-order valence-corrected chi connectivity index (χ4v) is 1.79. The molecular formula is C11H15NS. The highest BCUT2D eigenvalue weighted by Gasteiger charge is 1.99. The summed E-state index contributed by atoms with van der Waals surface area (Å²) in [5, 5.41) is 0. The van der Waals surface area contributed by atoms with Gasteiger partial charge in [-0.1, -0.05) is 18.2 Å². The molecule has 0 heterocycles. The first-order chi connectivity index (χ1) is 6.09. The van der Waals surface area contributed by atoms with E-state index in [1.54, 1.807) is 11.8 Å². The van der Waals surface area contributed by atoms with Crippen molar-refractivity contribution in [3.63, 3.8) is 0 Å². The third-order valence-corrected chi connectivity index (χ3v) is 2.96. The summed E-state index contributed by atoms with van der Waals surface area (Å²) >= 11 is 1.74. The summed E-state index contributed by atoms with van der Waals surface area (Å²) in [6, 6.07) is 6.15. The topological polar surface area (TPSA) is 26.0 Å². The third-order valence-electron chi connectivity index (χ3n) is 1.64. The van der Waals surface area contributed by atoms with Gasteiger partial charge in [0.15, 0.2) is 0 Å². The van der Waals surface area contributed by atoms with Crippen LogP contribution >= 0.6 is 11.8 Å². The van der Waals surface area contributed by atoms with Gasteiger partial charge in [-0.3, -0.25) is 0 Å². The van der Waals surface area contributed by atoms with Gasteiger partial charge in [0.1, 0.15) is 0 Å². The molecule has 0 atom stereocenters. The quantitative estimate of drug-likeness (QED) is 0.453. The van der Waals surface area contributed by atoms with E-state index < -0.39 is 0 Å². The summed E-state index contributed by atoms with van der Waals surface area (Å²) in [5.74, 6) is 0.938. The Morgan fingerprint density at radius 3 is 2.77 bits per heavy atom. The zero-order chi connectivity index (χ0) is 9.84. The van der Waals surface area contributed by atoms with E-state index in [1.165, 1.54) is 11.1 Å². The first kappa shape index (κ1) is 10.2. The summed E-state index contributed by atoms with van der Waals surface area (Å²) in [6.45, 7) is 7.93. The molecule has 0 bridgehead atoms. The summed E-state index contributed by atoms with van der Waals surface area (Å²) in [7, 11) is 0. The highest BCUT2D eigenvalue weighted by atomic mass is 32.2. The SMILES string of the molecule is C=C(C)CSc1ccc(C)cc1N. The van der Waals surface area contributed by atoms with E-state index in [1.807, 2.05) is 19.9 Å². The Bertz CT molecular complexity index is 318. The summed E-state index contributed by atoms with van der Waals surface area (Å²) < 4.78 is 0. The molecule has 0 aliphatic carbocycles. The normalized spacial score (nSPS) is 10.0. The predicted molar refractivity (Wildman–Crippen MR) is 61.1 cm³/mol. The second-order valence-electron chi connectivity index (χ2n) is 3.29. The van der Waals surface area contributed by atoms with E-state index in [-0.39, 0.29) is 0 Å². The summed E-state index contributed by atoms with van der Waals surface area (Å²) in [4.78, 5) is 1.15. The zero-order valence-electron chi connectivity index (χ0n) is 8.13. The molecule has 2 heteroatoms. The van der Waals surface area contributed by atoms with Crippen LogP contribution in [-0.2, 0) is 0 Å². The number of rotatable bonds is 3. The number of benzene rings is 1. The number of anilines is 1. The number of nitrogens with two attached hydrogens (primary N) is 1. The third kappa shape index (κ3) is 3.15. The number of hydrogen-bond acceptors (Lipinski definition) is 2. The summed E-state index contributed by atoms with van der Waals surface area (Å²) in [5.41, 5.74) is 9.10. The molecule has 0 aliphatic heterocycles. The molecule has 1 nitrogen and oxygen atoms in total. The molecule has 0 amide bonds. The maximum atomic E-state index is 5.86.